The number of carbonyl (C=O) groups is 3. The van der Waals surface area contributed by atoms with Gasteiger partial charge in [-0.3, -0.25) is 29.9 Å². The quantitative estimate of drug-likeness (QED) is 0.383. The first-order chi connectivity index (χ1) is 16.0. The van der Waals surface area contributed by atoms with Gasteiger partial charge in [0.2, 0.25) is 0 Å². The zero-order valence-electron chi connectivity index (χ0n) is 17.2. The molecule has 1 aliphatic heterocycles. The summed E-state index contributed by atoms with van der Waals surface area (Å²) in [6.45, 7) is 0. The van der Waals surface area contributed by atoms with E-state index in [1.165, 1.54) is 18.2 Å². The lowest BCUT2D eigenvalue weighted by Crippen LogP contribution is -2.46. The Hall–Kier alpha value is -4.33. The molecule has 0 unspecified atom stereocenters. The molecule has 3 amide bonds. The number of amides is 3. The Balaban J connectivity index is 1.39. The highest BCUT2D eigenvalue weighted by atomic mass is 16.6. The van der Waals surface area contributed by atoms with Crippen molar-refractivity contribution < 1.29 is 19.3 Å². The van der Waals surface area contributed by atoms with Gasteiger partial charge in [-0.25, -0.2) is 0 Å². The first-order valence-electron chi connectivity index (χ1n) is 10.6. The normalized spacial score (nSPS) is 24.2. The Kier molecular flexibility index (Phi) is 4.01. The van der Waals surface area contributed by atoms with Crippen molar-refractivity contribution in [2.75, 3.05) is 0 Å². The van der Waals surface area contributed by atoms with Crippen LogP contribution in [0, 0.1) is 22.0 Å². The van der Waals surface area contributed by atoms with Crippen molar-refractivity contribution >= 4 is 23.4 Å². The van der Waals surface area contributed by atoms with E-state index in [4.69, 9.17) is 0 Å². The Morgan fingerprint density at radius 2 is 1.27 bits per heavy atom. The summed E-state index contributed by atoms with van der Waals surface area (Å²) in [5, 5.41) is 11.9. The lowest BCUT2D eigenvalue weighted by Gasteiger charge is -2.45. The molecule has 3 aliphatic carbocycles. The molecule has 0 saturated carbocycles. The third-order valence-electron chi connectivity index (χ3n) is 6.98. The van der Waals surface area contributed by atoms with Crippen LogP contribution < -0.4 is 5.43 Å². The smallest absolute Gasteiger partial charge is 0.270 e. The van der Waals surface area contributed by atoms with E-state index in [-0.39, 0.29) is 23.1 Å². The van der Waals surface area contributed by atoms with Crippen LogP contribution in [0.25, 0.3) is 0 Å². The first-order valence-corrected chi connectivity index (χ1v) is 10.6. The van der Waals surface area contributed by atoms with Crippen molar-refractivity contribution in [2.24, 2.45) is 11.8 Å². The van der Waals surface area contributed by atoms with Crippen LogP contribution in [-0.4, -0.2) is 27.7 Å². The summed E-state index contributed by atoms with van der Waals surface area (Å²) in [6, 6.07) is 20.9. The second kappa shape index (κ2) is 6.83. The van der Waals surface area contributed by atoms with E-state index in [0.717, 1.165) is 33.3 Å². The number of rotatable bonds is 3. The molecule has 1 fully saturated rings. The summed E-state index contributed by atoms with van der Waals surface area (Å²) in [7, 11) is 0. The van der Waals surface area contributed by atoms with Gasteiger partial charge >= 0.3 is 0 Å². The van der Waals surface area contributed by atoms with E-state index in [0.29, 0.717) is 0 Å². The van der Waals surface area contributed by atoms with E-state index < -0.39 is 34.5 Å². The number of carbonyl (C=O) groups excluding carboxylic acids is 3. The van der Waals surface area contributed by atoms with E-state index in [9.17, 15) is 24.5 Å². The summed E-state index contributed by atoms with van der Waals surface area (Å²) >= 11 is 0. The van der Waals surface area contributed by atoms with Crippen LogP contribution in [0.2, 0.25) is 0 Å². The molecule has 0 spiro atoms. The summed E-state index contributed by atoms with van der Waals surface area (Å²) in [5.41, 5.74) is 6.31. The lowest BCUT2D eigenvalue weighted by molar-refractivity contribution is -0.384. The lowest BCUT2D eigenvalue weighted by atomic mass is 9.55. The highest BCUT2D eigenvalue weighted by Crippen LogP contribution is 2.60. The van der Waals surface area contributed by atoms with E-state index in [1.807, 2.05) is 48.5 Å². The highest BCUT2D eigenvalue weighted by Gasteiger charge is 2.62. The number of nitro benzene ring substituents is 1. The average Bonchev–Trinajstić information content (AvgIpc) is 3.09. The number of hydrogen-bond donors (Lipinski definition) is 1. The number of benzene rings is 3. The standard InChI is InChI=1S/C25H17N3O5/c29-23(13-6-5-7-14(12-13)28(32)33)26-27-24(30)21-19-15-8-1-2-9-16(15)20(22(21)25(27)31)18-11-4-3-10-17(18)19/h1-12,19-22H,(H,26,29)/t19?,20?,21-,22+. The molecule has 162 valence electrons. The van der Waals surface area contributed by atoms with Crippen LogP contribution in [0.15, 0.2) is 72.8 Å². The molecule has 2 atom stereocenters. The predicted octanol–water partition coefficient (Wildman–Crippen LogP) is 3.13. The van der Waals surface area contributed by atoms with Gasteiger partial charge in [-0.1, -0.05) is 54.6 Å². The van der Waals surface area contributed by atoms with Crippen molar-refractivity contribution in [2.45, 2.75) is 11.8 Å². The van der Waals surface area contributed by atoms with Gasteiger partial charge in [0.25, 0.3) is 23.4 Å². The fraction of sp³-hybridized carbons (Fsp3) is 0.160. The van der Waals surface area contributed by atoms with Gasteiger partial charge in [-0.05, 0) is 28.3 Å². The third-order valence-corrected chi connectivity index (χ3v) is 6.98. The number of nitrogens with zero attached hydrogens (tertiary/aromatic N) is 2. The molecule has 2 bridgehead atoms. The van der Waals surface area contributed by atoms with Crippen LogP contribution in [-0.2, 0) is 9.59 Å². The van der Waals surface area contributed by atoms with Crippen LogP contribution in [0.3, 0.4) is 0 Å². The maximum absolute atomic E-state index is 13.5. The van der Waals surface area contributed by atoms with Crippen LogP contribution in [0.5, 0.6) is 0 Å². The summed E-state index contributed by atoms with van der Waals surface area (Å²) in [5.74, 6) is -3.44. The molecule has 1 N–H and O–H groups in total. The molecule has 1 saturated heterocycles. The zero-order chi connectivity index (χ0) is 22.9. The molecule has 1 heterocycles. The molecule has 0 radical (unpaired) electrons. The van der Waals surface area contributed by atoms with Crippen molar-refractivity contribution in [1.82, 2.24) is 10.4 Å². The number of hydrazine groups is 1. The van der Waals surface area contributed by atoms with Crippen LogP contribution >= 0.6 is 0 Å². The molecule has 3 aromatic rings. The molecular formula is C25H17N3O5. The second-order valence-electron chi connectivity index (χ2n) is 8.52. The van der Waals surface area contributed by atoms with Gasteiger partial charge < -0.3 is 0 Å². The summed E-state index contributed by atoms with van der Waals surface area (Å²) in [4.78, 5) is 50.2. The Bertz CT molecular complexity index is 1270. The summed E-state index contributed by atoms with van der Waals surface area (Å²) < 4.78 is 0. The zero-order valence-corrected chi connectivity index (χ0v) is 17.2. The van der Waals surface area contributed by atoms with Gasteiger partial charge in [-0.2, -0.15) is 5.01 Å². The Morgan fingerprint density at radius 1 is 0.788 bits per heavy atom. The largest absolute Gasteiger partial charge is 0.272 e. The maximum Gasteiger partial charge on any atom is 0.270 e. The molecule has 7 rings (SSSR count). The number of nitro groups is 1. The van der Waals surface area contributed by atoms with E-state index in [2.05, 4.69) is 5.43 Å². The van der Waals surface area contributed by atoms with Crippen LogP contribution in [0.1, 0.15) is 44.4 Å². The fourth-order valence-corrected chi connectivity index (χ4v) is 5.71. The minimum Gasteiger partial charge on any atom is -0.272 e. The van der Waals surface area contributed by atoms with Gasteiger partial charge in [0.1, 0.15) is 0 Å². The number of imide groups is 1. The Labute approximate surface area is 188 Å². The predicted molar refractivity (Wildman–Crippen MR) is 116 cm³/mol. The average molecular weight is 439 g/mol. The molecule has 8 nitrogen and oxygen atoms in total. The third kappa shape index (κ3) is 2.60. The minimum atomic E-state index is -0.749. The molecule has 3 aromatic carbocycles. The van der Waals surface area contributed by atoms with Crippen molar-refractivity contribution in [3.8, 4) is 0 Å². The summed E-state index contributed by atoms with van der Waals surface area (Å²) in [6.07, 6.45) is 0. The van der Waals surface area contributed by atoms with E-state index >= 15 is 0 Å². The molecule has 8 heteroatoms. The topological polar surface area (TPSA) is 110 Å². The van der Waals surface area contributed by atoms with Gasteiger partial charge in [0.15, 0.2) is 0 Å². The highest BCUT2D eigenvalue weighted by molar-refractivity contribution is 6.09. The minimum absolute atomic E-state index is 0.00536. The van der Waals surface area contributed by atoms with Gasteiger partial charge in [0.05, 0.1) is 16.8 Å². The number of non-ortho nitro benzene ring substituents is 1. The van der Waals surface area contributed by atoms with Gasteiger partial charge in [-0.15, -0.1) is 0 Å². The van der Waals surface area contributed by atoms with Crippen molar-refractivity contribution in [1.29, 1.82) is 0 Å². The van der Waals surface area contributed by atoms with Crippen LogP contribution in [0.4, 0.5) is 5.69 Å². The molecular weight excluding hydrogens is 422 g/mol. The fourth-order valence-electron chi connectivity index (χ4n) is 5.71. The second-order valence-corrected chi connectivity index (χ2v) is 8.52. The monoisotopic (exact) mass is 439 g/mol. The SMILES string of the molecule is O=C(NN1C(=O)[C@@H]2C3c4ccccc4C(c4ccccc43)[C@@H]2C1=O)c1cccc([N+](=O)[O-])c1. The first kappa shape index (κ1) is 19.4. The Morgan fingerprint density at radius 3 is 1.73 bits per heavy atom. The van der Waals surface area contributed by atoms with Crippen molar-refractivity contribution in [3.05, 3.63) is 111 Å². The van der Waals surface area contributed by atoms with Crippen molar-refractivity contribution in [3.63, 3.8) is 0 Å². The molecule has 0 aromatic heterocycles. The maximum atomic E-state index is 13.5. The van der Waals surface area contributed by atoms with E-state index in [1.54, 1.807) is 0 Å². The number of nitrogens with one attached hydrogen (secondary N) is 1. The van der Waals surface area contributed by atoms with Gasteiger partial charge in [0, 0.05) is 29.5 Å². The number of hydrogen-bond acceptors (Lipinski definition) is 5. The molecule has 4 aliphatic rings. The molecule has 33 heavy (non-hydrogen) atoms.